The molecule has 0 radical (unpaired) electrons. The van der Waals surface area contributed by atoms with Crippen LogP contribution in [-0.4, -0.2) is 41.7 Å². The number of ether oxygens (including phenoxy) is 1. The number of carbonyl (C=O) groups is 1. The molecule has 24 heavy (non-hydrogen) atoms. The van der Waals surface area contributed by atoms with Gasteiger partial charge in [0.1, 0.15) is 5.75 Å². The van der Waals surface area contributed by atoms with Crippen molar-refractivity contribution in [2.75, 3.05) is 13.7 Å². The minimum Gasteiger partial charge on any atom is -0.508 e. The van der Waals surface area contributed by atoms with Crippen molar-refractivity contribution >= 4 is 29.1 Å². The van der Waals surface area contributed by atoms with Gasteiger partial charge in [-0.1, -0.05) is 23.2 Å². The predicted molar refractivity (Wildman–Crippen MR) is 94.7 cm³/mol. The maximum Gasteiger partial charge on any atom is 0.226 e. The fourth-order valence-electron chi connectivity index (χ4n) is 3.94. The molecule has 0 spiro atoms. The Hall–Kier alpha value is -0.970. The van der Waals surface area contributed by atoms with Crippen LogP contribution >= 0.6 is 23.2 Å². The molecule has 1 aromatic rings. The lowest BCUT2D eigenvalue weighted by Gasteiger charge is -2.34. The topological polar surface area (TPSA) is 49.8 Å². The molecule has 3 rings (SSSR count). The molecule has 132 valence electrons. The van der Waals surface area contributed by atoms with Gasteiger partial charge in [-0.3, -0.25) is 4.79 Å². The smallest absolute Gasteiger partial charge is 0.226 e. The molecule has 1 unspecified atom stereocenters. The predicted octanol–water partition coefficient (Wildman–Crippen LogP) is 4.05. The van der Waals surface area contributed by atoms with E-state index >= 15 is 0 Å². The summed E-state index contributed by atoms with van der Waals surface area (Å²) in [6.45, 7) is 0.805. The van der Waals surface area contributed by atoms with Crippen LogP contribution in [0.1, 0.15) is 37.7 Å². The van der Waals surface area contributed by atoms with Crippen molar-refractivity contribution in [2.24, 2.45) is 5.92 Å². The largest absolute Gasteiger partial charge is 0.508 e. The third-order valence-corrected chi connectivity index (χ3v) is 6.02. The van der Waals surface area contributed by atoms with E-state index in [9.17, 15) is 9.90 Å². The van der Waals surface area contributed by atoms with Gasteiger partial charge in [0.2, 0.25) is 5.91 Å². The fourth-order valence-corrected chi connectivity index (χ4v) is 4.57. The van der Waals surface area contributed by atoms with Crippen LogP contribution in [0.5, 0.6) is 5.75 Å². The molecule has 2 aliphatic rings. The van der Waals surface area contributed by atoms with Crippen LogP contribution in [0.15, 0.2) is 12.1 Å². The highest BCUT2D eigenvalue weighted by atomic mass is 35.5. The number of benzene rings is 1. The average molecular weight is 372 g/mol. The summed E-state index contributed by atoms with van der Waals surface area (Å²) in [7, 11) is 1.76. The van der Waals surface area contributed by atoms with Crippen molar-refractivity contribution in [3.05, 3.63) is 27.7 Å². The first-order valence-electron chi connectivity index (χ1n) is 8.49. The van der Waals surface area contributed by atoms with Crippen LogP contribution in [0.2, 0.25) is 10.0 Å². The van der Waals surface area contributed by atoms with E-state index in [0.717, 1.165) is 44.2 Å². The molecular weight excluding hydrogens is 349 g/mol. The second-order valence-electron chi connectivity index (χ2n) is 6.78. The number of rotatable bonds is 4. The Bertz CT molecular complexity index is 591. The molecule has 1 saturated carbocycles. The average Bonchev–Trinajstić information content (AvgIpc) is 2.92. The molecule has 4 nitrogen and oxygen atoms in total. The Balaban J connectivity index is 1.65. The van der Waals surface area contributed by atoms with E-state index in [1.165, 1.54) is 12.1 Å². The third kappa shape index (κ3) is 3.66. The minimum absolute atomic E-state index is 0.0445. The normalized spacial score (nSPS) is 27.7. The van der Waals surface area contributed by atoms with Gasteiger partial charge in [-0.2, -0.15) is 0 Å². The highest BCUT2D eigenvalue weighted by molar-refractivity contribution is 6.36. The van der Waals surface area contributed by atoms with Gasteiger partial charge in [0.15, 0.2) is 0 Å². The van der Waals surface area contributed by atoms with E-state index in [1.807, 2.05) is 4.90 Å². The number of likely N-dealkylation sites (tertiary alicyclic amines) is 1. The maximum atomic E-state index is 12.8. The summed E-state index contributed by atoms with van der Waals surface area (Å²) in [5.41, 5.74) is 0.749. The lowest BCUT2D eigenvalue weighted by Crippen LogP contribution is -2.41. The number of phenolic OH excluding ortho intramolecular Hbond substituents is 1. The molecule has 1 atom stereocenters. The van der Waals surface area contributed by atoms with Gasteiger partial charge in [0.05, 0.1) is 6.10 Å². The van der Waals surface area contributed by atoms with Gasteiger partial charge in [-0.05, 0) is 56.2 Å². The number of aromatic hydroxyl groups is 1. The number of hydrogen-bond acceptors (Lipinski definition) is 3. The second kappa shape index (κ2) is 7.51. The summed E-state index contributed by atoms with van der Waals surface area (Å²) in [6.07, 6.45) is 5.76. The monoisotopic (exact) mass is 371 g/mol. The van der Waals surface area contributed by atoms with Gasteiger partial charge < -0.3 is 14.7 Å². The van der Waals surface area contributed by atoms with Crippen molar-refractivity contribution in [3.8, 4) is 5.75 Å². The van der Waals surface area contributed by atoms with Crippen LogP contribution in [0.25, 0.3) is 0 Å². The number of hydrogen-bond donors (Lipinski definition) is 1. The van der Waals surface area contributed by atoms with Gasteiger partial charge >= 0.3 is 0 Å². The van der Waals surface area contributed by atoms with Crippen molar-refractivity contribution in [1.82, 2.24) is 4.90 Å². The Morgan fingerprint density at radius 2 is 1.79 bits per heavy atom. The number of amides is 1. The van der Waals surface area contributed by atoms with E-state index in [1.54, 1.807) is 7.11 Å². The summed E-state index contributed by atoms with van der Waals surface area (Å²) >= 11 is 12.4. The Morgan fingerprint density at radius 1 is 1.17 bits per heavy atom. The molecule has 1 aliphatic heterocycles. The second-order valence-corrected chi connectivity index (χ2v) is 7.59. The van der Waals surface area contributed by atoms with Crippen LogP contribution < -0.4 is 0 Å². The van der Waals surface area contributed by atoms with E-state index < -0.39 is 0 Å². The fraction of sp³-hybridized carbons (Fsp3) is 0.611. The molecule has 0 bridgehead atoms. The molecular formula is C18H23Cl2NO3. The van der Waals surface area contributed by atoms with Crippen molar-refractivity contribution < 1.29 is 14.6 Å². The third-order valence-electron chi connectivity index (χ3n) is 5.34. The maximum absolute atomic E-state index is 12.8. The van der Waals surface area contributed by atoms with Crippen molar-refractivity contribution in [2.45, 2.75) is 50.7 Å². The van der Waals surface area contributed by atoms with E-state index in [2.05, 4.69) is 0 Å². The summed E-state index contributed by atoms with van der Waals surface area (Å²) in [5.74, 6) is 0.170. The molecule has 1 amide bonds. The van der Waals surface area contributed by atoms with Crippen LogP contribution in [0, 0.1) is 5.92 Å². The number of phenols is 1. The lowest BCUT2D eigenvalue weighted by atomic mass is 9.91. The number of halogens is 2. The van der Waals surface area contributed by atoms with Crippen LogP contribution in [0.4, 0.5) is 0 Å². The Labute approximate surface area is 152 Å². The van der Waals surface area contributed by atoms with Gasteiger partial charge in [-0.25, -0.2) is 0 Å². The van der Waals surface area contributed by atoms with E-state index in [-0.39, 0.29) is 17.6 Å². The molecule has 1 aliphatic carbocycles. The quantitative estimate of drug-likeness (QED) is 0.868. The highest BCUT2D eigenvalue weighted by Gasteiger charge is 2.37. The zero-order valence-electron chi connectivity index (χ0n) is 13.8. The zero-order valence-corrected chi connectivity index (χ0v) is 15.3. The lowest BCUT2D eigenvalue weighted by molar-refractivity contribution is -0.134. The first kappa shape index (κ1) is 17.8. The van der Waals surface area contributed by atoms with Crippen molar-refractivity contribution in [1.29, 1.82) is 0 Å². The number of methoxy groups -OCH3 is 1. The summed E-state index contributed by atoms with van der Waals surface area (Å²) in [6, 6.07) is 3.29. The summed E-state index contributed by atoms with van der Waals surface area (Å²) in [5, 5.41) is 10.4. The zero-order chi connectivity index (χ0) is 17.3. The number of carbonyl (C=O) groups excluding carboxylic acids is 1. The van der Waals surface area contributed by atoms with Crippen LogP contribution in [0.3, 0.4) is 0 Å². The van der Waals surface area contributed by atoms with E-state index in [0.29, 0.717) is 28.6 Å². The highest BCUT2D eigenvalue weighted by Crippen LogP contribution is 2.35. The van der Waals surface area contributed by atoms with Crippen molar-refractivity contribution in [3.63, 3.8) is 0 Å². The van der Waals surface area contributed by atoms with E-state index in [4.69, 9.17) is 27.9 Å². The Morgan fingerprint density at radius 3 is 2.38 bits per heavy atom. The molecule has 1 heterocycles. The minimum atomic E-state index is -0.0790. The summed E-state index contributed by atoms with van der Waals surface area (Å²) in [4.78, 5) is 14.8. The first-order valence-corrected chi connectivity index (χ1v) is 9.25. The molecule has 1 N–H and O–H groups in total. The molecule has 6 heteroatoms. The molecule has 1 aromatic carbocycles. The first-order chi connectivity index (χ1) is 11.5. The Kier molecular flexibility index (Phi) is 5.58. The molecule has 1 saturated heterocycles. The standard InChI is InChI=1S/C18H23Cl2NO3/c1-24-14-4-2-12(3-5-14)21-7-6-11(18(21)23)8-15-16(19)9-13(22)10-17(15)20/h9-12,14,22H,2-8H2,1H3. The summed E-state index contributed by atoms with van der Waals surface area (Å²) < 4.78 is 5.41. The number of nitrogens with zero attached hydrogens (tertiary/aromatic N) is 1. The van der Waals surface area contributed by atoms with Gasteiger partial charge in [0.25, 0.3) is 0 Å². The SMILES string of the molecule is COC1CCC(N2CCC(Cc3c(Cl)cc(O)cc3Cl)C2=O)CC1. The van der Waals surface area contributed by atoms with Gasteiger partial charge in [0, 0.05) is 35.7 Å². The van der Waals surface area contributed by atoms with Gasteiger partial charge in [-0.15, -0.1) is 0 Å². The molecule has 2 fully saturated rings. The van der Waals surface area contributed by atoms with Crippen LogP contribution in [-0.2, 0) is 16.0 Å². The molecule has 0 aromatic heterocycles.